The topological polar surface area (TPSA) is 34.0 Å². The Labute approximate surface area is 149 Å². The molecule has 0 aliphatic heterocycles. The molecule has 2 unspecified atom stereocenters. The lowest BCUT2D eigenvalue weighted by Crippen LogP contribution is -2.13. The number of nitrogens with one attached hydrogen (secondary N) is 1. The lowest BCUT2D eigenvalue weighted by atomic mass is 10.1. The van der Waals surface area contributed by atoms with Gasteiger partial charge in [0, 0.05) is 17.8 Å². The Bertz CT molecular complexity index is 936. The number of benzene rings is 2. The summed E-state index contributed by atoms with van der Waals surface area (Å²) in [4.78, 5) is 0.703. The van der Waals surface area contributed by atoms with Crippen LogP contribution in [0, 0.1) is 5.82 Å². The van der Waals surface area contributed by atoms with Crippen molar-refractivity contribution in [2.24, 2.45) is 0 Å². The molecular formula is C20H19FN2OS. The third-order valence-corrected chi connectivity index (χ3v) is 6.09. The van der Waals surface area contributed by atoms with Gasteiger partial charge in [0.25, 0.3) is 0 Å². The van der Waals surface area contributed by atoms with E-state index in [0.717, 1.165) is 29.7 Å². The van der Waals surface area contributed by atoms with E-state index in [1.54, 1.807) is 16.1 Å². The molecular weight excluding hydrogens is 335 g/mol. The first-order valence-electron chi connectivity index (χ1n) is 8.34. The Kier molecular flexibility index (Phi) is 4.27. The summed E-state index contributed by atoms with van der Waals surface area (Å²) < 4.78 is 29.4. The van der Waals surface area contributed by atoms with E-state index >= 15 is 0 Å². The maximum Gasteiger partial charge on any atom is 0.157 e. The molecule has 1 aromatic heterocycles. The maximum atomic E-state index is 14.5. The minimum Gasteiger partial charge on any atom is -0.313 e. The lowest BCUT2D eigenvalue weighted by molar-refractivity contribution is 0.587. The van der Waals surface area contributed by atoms with E-state index in [1.165, 1.54) is 6.07 Å². The normalized spacial score (nSPS) is 17.4. The fraction of sp³-hybridized carbons (Fsp3) is 0.200. The molecule has 1 aliphatic rings. The molecule has 2 atom stereocenters. The SMILES string of the molecule is CNC1CCc2c1cn(S(=O)c1ccccc1)c2-c1ccccc1F. The first-order chi connectivity index (χ1) is 12.2. The van der Waals surface area contributed by atoms with Gasteiger partial charge in [-0.05, 0) is 55.3 Å². The summed E-state index contributed by atoms with van der Waals surface area (Å²) in [6, 6.07) is 16.2. The van der Waals surface area contributed by atoms with Crippen LogP contribution >= 0.6 is 0 Å². The number of nitrogens with zero attached hydrogens (tertiary/aromatic N) is 1. The van der Waals surface area contributed by atoms with Crippen LogP contribution in [0.15, 0.2) is 65.7 Å². The maximum absolute atomic E-state index is 14.5. The zero-order chi connectivity index (χ0) is 17.4. The Hall–Kier alpha value is -2.24. The molecule has 0 fully saturated rings. The molecule has 2 aromatic carbocycles. The van der Waals surface area contributed by atoms with E-state index in [0.29, 0.717) is 10.5 Å². The molecule has 1 heterocycles. The van der Waals surface area contributed by atoms with E-state index in [9.17, 15) is 8.60 Å². The highest BCUT2D eigenvalue weighted by atomic mass is 32.2. The minimum atomic E-state index is -1.42. The van der Waals surface area contributed by atoms with Crippen molar-refractivity contribution in [2.45, 2.75) is 23.8 Å². The van der Waals surface area contributed by atoms with E-state index < -0.39 is 11.0 Å². The van der Waals surface area contributed by atoms with Crippen LogP contribution in [0.1, 0.15) is 23.6 Å². The largest absolute Gasteiger partial charge is 0.313 e. The molecule has 0 saturated carbocycles. The van der Waals surface area contributed by atoms with Gasteiger partial charge in [-0.2, -0.15) is 0 Å². The van der Waals surface area contributed by atoms with Crippen LogP contribution in [0.3, 0.4) is 0 Å². The van der Waals surface area contributed by atoms with E-state index in [4.69, 9.17) is 0 Å². The summed E-state index contributed by atoms with van der Waals surface area (Å²) in [6.07, 6.45) is 3.75. The molecule has 25 heavy (non-hydrogen) atoms. The molecule has 0 saturated heterocycles. The summed E-state index contributed by atoms with van der Waals surface area (Å²) in [6.45, 7) is 0. The average molecular weight is 354 g/mol. The highest BCUT2D eigenvalue weighted by Crippen LogP contribution is 2.41. The molecule has 0 amide bonds. The molecule has 0 radical (unpaired) electrons. The Morgan fingerprint density at radius 2 is 1.84 bits per heavy atom. The molecule has 0 spiro atoms. The number of hydrogen-bond acceptors (Lipinski definition) is 2. The van der Waals surface area contributed by atoms with Crippen molar-refractivity contribution in [1.29, 1.82) is 0 Å². The molecule has 1 aliphatic carbocycles. The van der Waals surface area contributed by atoms with Crippen LogP contribution in [0.4, 0.5) is 4.39 Å². The van der Waals surface area contributed by atoms with Gasteiger partial charge in [-0.25, -0.2) is 8.60 Å². The van der Waals surface area contributed by atoms with E-state index in [2.05, 4.69) is 5.32 Å². The van der Waals surface area contributed by atoms with Gasteiger partial charge in [-0.1, -0.05) is 30.3 Å². The summed E-state index contributed by atoms with van der Waals surface area (Å²) >= 11 is 0. The van der Waals surface area contributed by atoms with Gasteiger partial charge in [0.1, 0.15) is 5.82 Å². The standard InChI is InChI=1S/C20H19FN2OS/c1-22-19-12-11-15-17(19)13-23(25(24)14-7-3-2-4-8-14)20(15)16-9-5-6-10-18(16)21/h2-10,13,19,22H,11-12H2,1H3. The van der Waals surface area contributed by atoms with Gasteiger partial charge in [0.05, 0.1) is 10.6 Å². The molecule has 1 N–H and O–H groups in total. The Morgan fingerprint density at radius 1 is 1.12 bits per heavy atom. The second-order valence-corrected chi connectivity index (χ2v) is 7.52. The summed E-state index contributed by atoms with van der Waals surface area (Å²) in [5.41, 5.74) is 3.44. The fourth-order valence-corrected chi connectivity index (χ4v) is 4.76. The number of aromatic nitrogens is 1. The van der Waals surface area contributed by atoms with Crippen LogP contribution in [0.2, 0.25) is 0 Å². The van der Waals surface area contributed by atoms with E-state index in [1.807, 2.05) is 49.6 Å². The first-order valence-corrected chi connectivity index (χ1v) is 9.45. The molecule has 4 rings (SSSR count). The second kappa shape index (κ2) is 6.58. The third-order valence-electron chi connectivity index (χ3n) is 4.77. The predicted octanol–water partition coefficient (Wildman–Crippen LogP) is 4.07. The van der Waals surface area contributed by atoms with Crippen LogP contribution in [-0.2, 0) is 17.4 Å². The smallest absolute Gasteiger partial charge is 0.157 e. The quantitative estimate of drug-likeness (QED) is 0.766. The monoisotopic (exact) mass is 354 g/mol. The van der Waals surface area contributed by atoms with Crippen LogP contribution in [0.5, 0.6) is 0 Å². The van der Waals surface area contributed by atoms with Crippen molar-refractivity contribution in [3.05, 3.63) is 77.7 Å². The van der Waals surface area contributed by atoms with Crippen molar-refractivity contribution in [2.75, 3.05) is 7.05 Å². The molecule has 3 nitrogen and oxygen atoms in total. The van der Waals surface area contributed by atoms with Crippen LogP contribution in [-0.4, -0.2) is 15.2 Å². The third kappa shape index (κ3) is 2.73. The second-order valence-electron chi connectivity index (χ2n) is 6.16. The van der Waals surface area contributed by atoms with Gasteiger partial charge in [0.15, 0.2) is 11.0 Å². The average Bonchev–Trinajstić information content (AvgIpc) is 3.21. The highest BCUT2D eigenvalue weighted by molar-refractivity contribution is 7.83. The summed E-state index contributed by atoms with van der Waals surface area (Å²) in [5, 5.41) is 3.30. The van der Waals surface area contributed by atoms with E-state index in [-0.39, 0.29) is 11.9 Å². The van der Waals surface area contributed by atoms with Crippen LogP contribution < -0.4 is 5.32 Å². The Balaban J connectivity index is 1.93. The number of hydrogen-bond donors (Lipinski definition) is 1. The van der Waals surface area contributed by atoms with Crippen molar-refractivity contribution < 1.29 is 8.60 Å². The van der Waals surface area contributed by atoms with Crippen molar-refractivity contribution in [1.82, 2.24) is 9.29 Å². The van der Waals surface area contributed by atoms with Gasteiger partial charge in [0.2, 0.25) is 0 Å². The number of fused-ring (bicyclic) bond motifs is 1. The lowest BCUT2D eigenvalue weighted by Gasteiger charge is -2.12. The minimum absolute atomic E-state index is 0.217. The Morgan fingerprint density at radius 3 is 2.56 bits per heavy atom. The number of halogens is 1. The van der Waals surface area contributed by atoms with Gasteiger partial charge >= 0.3 is 0 Å². The van der Waals surface area contributed by atoms with Gasteiger partial charge in [-0.15, -0.1) is 0 Å². The molecule has 128 valence electrons. The zero-order valence-corrected chi connectivity index (χ0v) is 14.7. The molecule has 5 heteroatoms. The van der Waals surface area contributed by atoms with Gasteiger partial charge < -0.3 is 5.32 Å². The van der Waals surface area contributed by atoms with Gasteiger partial charge in [-0.3, -0.25) is 3.97 Å². The zero-order valence-electron chi connectivity index (χ0n) is 13.9. The predicted molar refractivity (Wildman–Crippen MR) is 98.2 cm³/mol. The number of rotatable bonds is 4. The van der Waals surface area contributed by atoms with Crippen molar-refractivity contribution in [3.63, 3.8) is 0 Å². The van der Waals surface area contributed by atoms with Crippen molar-refractivity contribution in [3.8, 4) is 11.3 Å². The highest BCUT2D eigenvalue weighted by Gasteiger charge is 2.30. The van der Waals surface area contributed by atoms with Crippen LogP contribution in [0.25, 0.3) is 11.3 Å². The summed E-state index contributed by atoms with van der Waals surface area (Å²) in [5.74, 6) is -0.289. The molecule has 3 aromatic rings. The first kappa shape index (κ1) is 16.2. The van der Waals surface area contributed by atoms with Crippen molar-refractivity contribution >= 4 is 11.0 Å². The molecule has 0 bridgehead atoms. The summed E-state index contributed by atoms with van der Waals surface area (Å²) in [7, 11) is 0.506. The fourth-order valence-electron chi connectivity index (χ4n) is 3.56.